The SMILES string of the molecule is CCCNc1cc(Nc2ccc(F)cc2OC)nc(N)n1. The third-order valence-electron chi connectivity index (χ3n) is 2.73. The molecule has 4 N–H and O–H groups in total. The number of benzene rings is 1. The first-order valence-electron chi connectivity index (χ1n) is 6.61. The number of hydrogen-bond acceptors (Lipinski definition) is 6. The molecule has 6 nitrogen and oxygen atoms in total. The molecule has 0 unspecified atom stereocenters. The van der Waals surface area contributed by atoms with Crippen LogP contribution in [0.3, 0.4) is 0 Å². The summed E-state index contributed by atoms with van der Waals surface area (Å²) in [5.74, 6) is 1.30. The first-order chi connectivity index (χ1) is 10.1. The number of anilines is 4. The molecule has 112 valence electrons. The highest BCUT2D eigenvalue weighted by atomic mass is 19.1. The Bertz CT molecular complexity index is 620. The zero-order valence-corrected chi connectivity index (χ0v) is 12.0. The molecule has 0 spiro atoms. The topological polar surface area (TPSA) is 85.1 Å². The van der Waals surface area contributed by atoms with Gasteiger partial charge in [0.25, 0.3) is 0 Å². The van der Waals surface area contributed by atoms with Crippen molar-refractivity contribution >= 4 is 23.3 Å². The van der Waals surface area contributed by atoms with Crippen LogP contribution in [0, 0.1) is 5.82 Å². The van der Waals surface area contributed by atoms with E-state index in [0.717, 1.165) is 13.0 Å². The summed E-state index contributed by atoms with van der Waals surface area (Å²) in [6, 6.07) is 5.94. The average Bonchev–Trinajstić information content (AvgIpc) is 2.46. The predicted molar refractivity (Wildman–Crippen MR) is 81.5 cm³/mol. The van der Waals surface area contributed by atoms with Gasteiger partial charge in [-0.15, -0.1) is 0 Å². The number of rotatable bonds is 6. The fourth-order valence-corrected chi connectivity index (χ4v) is 1.78. The highest BCUT2D eigenvalue weighted by Gasteiger charge is 2.07. The smallest absolute Gasteiger partial charge is 0.223 e. The Balaban J connectivity index is 2.24. The molecule has 21 heavy (non-hydrogen) atoms. The molecular formula is C14H18FN5O. The Morgan fingerprint density at radius 3 is 2.71 bits per heavy atom. The highest BCUT2D eigenvalue weighted by Crippen LogP contribution is 2.28. The number of nitrogen functional groups attached to an aromatic ring is 1. The molecule has 2 rings (SSSR count). The van der Waals surface area contributed by atoms with E-state index in [1.807, 2.05) is 0 Å². The first-order valence-corrected chi connectivity index (χ1v) is 6.61. The van der Waals surface area contributed by atoms with E-state index in [9.17, 15) is 4.39 Å². The average molecular weight is 291 g/mol. The fourth-order valence-electron chi connectivity index (χ4n) is 1.78. The van der Waals surface area contributed by atoms with E-state index in [2.05, 4.69) is 27.5 Å². The minimum absolute atomic E-state index is 0.152. The minimum Gasteiger partial charge on any atom is -0.494 e. The third-order valence-corrected chi connectivity index (χ3v) is 2.73. The number of aromatic nitrogens is 2. The van der Waals surface area contributed by atoms with Crippen molar-refractivity contribution < 1.29 is 9.13 Å². The van der Waals surface area contributed by atoms with Gasteiger partial charge in [-0.25, -0.2) is 4.39 Å². The minimum atomic E-state index is -0.370. The van der Waals surface area contributed by atoms with E-state index in [4.69, 9.17) is 10.5 Å². The van der Waals surface area contributed by atoms with Gasteiger partial charge in [-0.05, 0) is 18.6 Å². The molecule has 2 aromatic rings. The van der Waals surface area contributed by atoms with Gasteiger partial charge in [0, 0.05) is 18.7 Å². The van der Waals surface area contributed by atoms with Crippen LogP contribution in [0.5, 0.6) is 5.75 Å². The quantitative estimate of drug-likeness (QED) is 0.759. The molecule has 0 aliphatic rings. The monoisotopic (exact) mass is 291 g/mol. The predicted octanol–water partition coefficient (Wildman–Crippen LogP) is 2.77. The fraction of sp³-hybridized carbons (Fsp3) is 0.286. The van der Waals surface area contributed by atoms with Gasteiger partial charge in [-0.1, -0.05) is 6.92 Å². The number of nitrogens with one attached hydrogen (secondary N) is 2. The molecule has 0 aliphatic carbocycles. The van der Waals surface area contributed by atoms with Crippen LogP contribution in [0.2, 0.25) is 0 Å². The summed E-state index contributed by atoms with van der Waals surface area (Å²) in [5.41, 5.74) is 6.28. The van der Waals surface area contributed by atoms with Crippen molar-refractivity contribution in [1.29, 1.82) is 0 Å². The molecule has 1 aromatic heterocycles. The summed E-state index contributed by atoms with van der Waals surface area (Å²) in [7, 11) is 1.47. The molecule has 0 fully saturated rings. The maximum atomic E-state index is 13.2. The van der Waals surface area contributed by atoms with Gasteiger partial charge >= 0.3 is 0 Å². The number of nitrogens with zero attached hydrogens (tertiary/aromatic N) is 2. The van der Waals surface area contributed by atoms with Gasteiger partial charge < -0.3 is 21.1 Å². The summed E-state index contributed by atoms with van der Waals surface area (Å²) in [4.78, 5) is 8.20. The maximum Gasteiger partial charge on any atom is 0.223 e. The zero-order chi connectivity index (χ0) is 15.2. The van der Waals surface area contributed by atoms with E-state index >= 15 is 0 Å². The molecule has 0 radical (unpaired) electrons. The lowest BCUT2D eigenvalue weighted by molar-refractivity contribution is 0.413. The van der Waals surface area contributed by atoms with E-state index in [-0.39, 0.29) is 11.8 Å². The van der Waals surface area contributed by atoms with Gasteiger partial charge in [0.15, 0.2) is 0 Å². The van der Waals surface area contributed by atoms with Crippen LogP contribution in [-0.4, -0.2) is 23.6 Å². The Hall–Kier alpha value is -2.57. The van der Waals surface area contributed by atoms with Crippen LogP contribution >= 0.6 is 0 Å². The van der Waals surface area contributed by atoms with E-state index in [0.29, 0.717) is 23.1 Å². The van der Waals surface area contributed by atoms with E-state index in [1.165, 1.54) is 19.2 Å². The second kappa shape index (κ2) is 6.74. The Morgan fingerprint density at radius 2 is 2.00 bits per heavy atom. The molecule has 0 saturated heterocycles. The van der Waals surface area contributed by atoms with Crippen LogP contribution < -0.4 is 21.1 Å². The third kappa shape index (κ3) is 3.95. The number of methoxy groups -OCH3 is 1. The molecule has 7 heteroatoms. The number of hydrogen-bond donors (Lipinski definition) is 3. The van der Waals surface area contributed by atoms with Gasteiger partial charge in [-0.2, -0.15) is 9.97 Å². The van der Waals surface area contributed by atoms with Gasteiger partial charge in [-0.3, -0.25) is 0 Å². The summed E-state index contributed by atoms with van der Waals surface area (Å²) < 4.78 is 18.3. The summed E-state index contributed by atoms with van der Waals surface area (Å²) >= 11 is 0. The number of halogens is 1. The van der Waals surface area contributed by atoms with Gasteiger partial charge in [0.05, 0.1) is 12.8 Å². The summed E-state index contributed by atoms with van der Waals surface area (Å²) in [6.45, 7) is 2.84. The molecule has 1 aromatic carbocycles. The molecule has 0 aliphatic heterocycles. The van der Waals surface area contributed by atoms with Crippen molar-refractivity contribution in [2.45, 2.75) is 13.3 Å². The van der Waals surface area contributed by atoms with Gasteiger partial charge in [0.2, 0.25) is 5.95 Å². The first kappa shape index (κ1) is 14.8. The van der Waals surface area contributed by atoms with Crippen molar-refractivity contribution in [2.75, 3.05) is 30.0 Å². The molecule has 1 heterocycles. The Labute approximate surface area is 122 Å². The molecule has 0 bridgehead atoms. The highest BCUT2D eigenvalue weighted by molar-refractivity contribution is 5.66. The lowest BCUT2D eigenvalue weighted by atomic mass is 10.3. The van der Waals surface area contributed by atoms with Crippen molar-refractivity contribution in [3.05, 3.63) is 30.1 Å². The summed E-state index contributed by atoms with van der Waals surface area (Å²) in [6.07, 6.45) is 0.971. The van der Waals surface area contributed by atoms with E-state index < -0.39 is 0 Å². The van der Waals surface area contributed by atoms with Crippen LogP contribution in [0.15, 0.2) is 24.3 Å². The maximum absolute atomic E-state index is 13.2. The van der Waals surface area contributed by atoms with Crippen molar-refractivity contribution in [1.82, 2.24) is 9.97 Å². The van der Waals surface area contributed by atoms with Crippen LogP contribution in [-0.2, 0) is 0 Å². The van der Waals surface area contributed by atoms with Crippen molar-refractivity contribution in [2.24, 2.45) is 0 Å². The van der Waals surface area contributed by atoms with E-state index in [1.54, 1.807) is 12.1 Å². The number of ether oxygens (including phenoxy) is 1. The second-order valence-electron chi connectivity index (χ2n) is 4.39. The zero-order valence-electron chi connectivity index (χ0n) is 12.0. The standard InChI is InChI=1S/C14H18FN5O/c1-3-6-17-12-8-13(20-14(16)19-12)18-10-5-4-9(15)7-11(10)21-2/h4-5,7-8H,3,6H2,1-2H3,(H4,16,17,18,19,20). The Morgan fingerprint density at radius 1 is 1.24 bits per heavy atom. The van der Waals surface area contributed by atoms with Crippen LogP contribution in [0.4, 0.5) is 27.7 Å². The van der Waals surface area contributed by atoms with Crippen molar-refractivity contribution in [3.63, 3.8) is 0 Å². The van der Waals surface area contributed by atoms with Crippen LogP contribution in [0.25, 0.3) is 0 Å². The molecule has 0 saturated carbocycles. The van der Waals surface area contributed by atoms with Crippen molar-refractivity contribution in [3.8, 4) is 5.75 Å². The Kier molecular flexibility index (Phi) is 4.76. The van der Waals surface area contributed by atoms with Crippen LogP contribution in [0.1, 0.15) is 13.3 Å². The normalized spacial score (nSPS) is 10.2. The lowest BCUT2D eigenvalue weighted by Crippen LogP contribution is -2.07. The largest absolute Gasteiger partial charge is 0.494 e. The van der Waals surface area contributed by atoms with Gasteiger partial charge in [0.1, 0.15) is 23.2 Å². The molecule has 0 amide bonds. The lowest BCUT2D eigenvalue weighted by Gasteiger charge is -2.12. The summed E-state index contributed by atoms with van der Waals surface area (Å²) in [5, 5.41) is 6.18. The molecular weight excluding hydrogens is 273 g/mol. The second-order valence-corrected chi connectivity index (χ2v) is 4.39. The molecule has 0 atom stereocenters. The number of nitrogens with two attached hydrogens (primary N) is 1.